The maximum atomic E-state index is 11.8. The molecule has 0 spiro atoms. The molecule has 0 heterocycles. The molecule has 27 heavy (non-hydrogen) atoms. The van der Waals surface area contributed by atoms with Crippen molar-refractivity contribution in [3.63, 3.8) is 0 Å². The highest BCUT2D eigenvalue weighted by Crippen LogP contribution is 2.24. The summed E-state index contributed by atoms with van der Waals surface area (Å²) in [5.74, 6) is -3.68. The van der Waals surface area contributed by atoms with Gasteiger partial charge in [0.25, 0.3) is 0 Å². The summed E-state index contributed by atoms with van der Waals surface area (Å²) in [4.78, 5) is 23.5. The van der Waals surface area contributed by atoms with Crippen LogP contribution in [-0.4, -0.2) is 40.5 Å². The zero-order chi connectivity index (χ0) is 19.6. The van der Waals surface area contributed by atoms with Crippen LogP contribution in [0.25, 0.3) is 0 Å². The number of aliphatic hydroxyl groups excluding tert-OH is 1. The zero-order valence-electron chi connectivity index (χ0n) is 15.0. The molecule has 6 heteroatoms. The number of carboxylic acid groups (broad SMARTS) is 2. The van der Waals surface area contributed by atoms with Crippen molar-refractivity contribution in [3.8, 4) is 5.75 Å². The first-order chi connectivity index (χ1) is 13.0. The van der Waals surface area contributed by atoms with Crippen molar-refractivity contribution in [3.05, 3.63) is 65.7 Å². The molecule has 2 aromatic carbocycles. The Bertz CT molecular complexity index is 726. The average molecular weight is 372 g/mol. The molecule has 0 bridgehead atoms. The van der Waals surface area contributed by atoms with Gasteiger partial charge in [-0.05, 0) is 36.1 Å². The summed E-state index contributed by atoms with van der Waals surface area (Å²) in [6.45, 7) is 0.447. The molecule has 144 valence electrons. The van der Waals surface area contributed by atoms with Gasteiger partial charge in [-0.3, -0.25) is 9.59 Å². The lowest BCUT2D eigenvalue weighted by Crippen LogP contribution is -2.33. The Morgan fingerprint density at radius 3 is 1.81 bits per heavy atom. The summed E-state index contributed by atoms with van der Waals surface area (Å²) in [6.07, 6.45) is 0.814. The van der Waals surface area contributed by atoms with Crippen LogP contribution in [0.2, 0.25) is 0 Å². The third-order valence-electron chi connectivity index (χ3n) is 4.37. The summed E-state index contributed by atoms with van der Waals surface area (Å²) in [7, 11) is 0. The largest absolute Gasteiger partial charge is 0.494 e. The highest BCUT2D eigenvalue weighted by Gasteiger charge is 2.33. The van der Waals surface area contributed by atoms with Gasteiger partial charge in [0.1, 0.15) is 5.75 Å². The second-order valence-corrected chi connectivity index (χ2v) is 6.35. The van der Waals surface area contributed by atoms with E-state index in [9.17, 15) is 19.8 Å². The number of hydrogen-bond acceptors (Lipinski definition) is 4. The van der Waals surface area contributed by atoms with Crippen LogP contribution in [0.5, 0.6) is 5.75 Å². The van der Waals surface area contributed by atoms with Crippen molar-refractivity contribution < 1.29 is 29.6 Å². The van der Waals surface area contributed by atoms with Crippen LogP contribution in [0.15, 0.2) is 54.6 Å². The van der Waals surface area contributed by atoms with E-state index in [4.69, 9.17) is 9.84 Å². The molecule has 6 nitrogen and oxygen atoms in total. The van der Waals surface area contributed by atoms with Crippen LogP contribution >= 0.6 is 0 Å². The number of aliphatic carboxylic acids is 2. The second-order valence-electron chi connectivity index (χ2n) is 6.35. The molecule has 0 aromatic heterocycles. The maximum Gasteiger partial charge on any atom is 0.307 e. The average Bonchev–Trinajstić information content (AvgIpc) is 2.66. The van der Waals surface area contributed by atoms with Crippen LogP contribution in [0.4, 0.5) is 0 Å². The third kappa shape index (κ3) is 6.42. The minimum atomic E-state index is -1.12. The number of hydrogen-bond donors (Lipinski definition) is 3. The van der Waals surface area contributed by atoms with E-state index >= 15 is 0 Å². The summed E-state index contributed by atoms with van der Waals surface area (Å²) < 4.78 is 5.45. The Morgan fingerprint density at radius 2 is 1.33 bits per heavy atom. The smallest absolute Gasteiger partial charge is 0.307 e. The lowest BCUT2D eigenvalue weighted by Gasteiger charge is -2.21. The molecule has 0 amide bonds. The molecule has 2 rings (SSSR count). The van der Waals surface area contributed by atoms with Crippen LogP contribution in [-0.2, 0) is 22.4 Å². The summed E-state index contributed by atoms with van der Waals surface area (Å²) >= 11 is 0. The number of carboxylic acids is 2. The lowest BCUT2D eigenvalue weighted by molar-refractivity contribution is -0.153. The van der Waals surface area contributed by atoms with Gasteiger partial charge in [0.15, 0.2) is 0 Å². The number of benzene rings is 2. The number of rotatable bonds is 11. The molecule has 0 aliphatic heterocycles. The van der Waals surface area contributed by atoms with Crippen molar-refractivity contribution in [2.45, 2.75) is 19.3 Å². The quantitative estimate of drug-likeness (QED) is 0.524. The predicted molar refractivity (Wildman–Crippen MR) is 99.7 cm³/mol. The molecule has 2 aromatic rings. The molecular weight excluding hydrogens is 348 g/mol. The summed E-state index contributed by atoms with van der Waals surface area (Å²) in [5, 5.41) is 28.0. The molecule has 0 aliphatic carbocycles. The lowest BCUT2D eigenvalue weighted by atomic mass is 9.83. The number of aliphatic hydroxyl groups is 1. The highest BCUT2D eigenvalue weighted by molar-refractivity contribution is 5.80. The predicted octanol–water partition coefficient (Wildman–Crippen LogP) is 2.63. The Labute approximate surface area is 158 Å². The van der Waals surface area contributed by atoms with Crippen molar-refractivity contribution >= 4 is 11.9 Å². The van der Waals surface area contributed by atoms with Crippen molar-refractivity contribution in [2.24, 2.45) is 11.8 Å². The first-order valence-electron chi connectivity index (χ1n) is 8.83. The van der Waals surface area contributed by atoms with E-state index in [0.29, 0.717) is 18.8 Å². The van der Waals surface area contributed by atoms with E-state index in [0.717, 1.165) is 11.1 Å². The normalized spacial score (nSPS) is 12.9. The molecule has 0 fully saturated rings. The topological polar surface area (TPSA) is 104 Å². The van der Waals surface area contributed by atoms with E-state index in [1.807, 2.05) is 6.07 Å². The third-order valence-corrected chi connectivity index (χ3v) is 4.37. The van der Waals surface area contributed by atoms with E-state index in [-0.39, 0.29) is 19.4 Å². The van der Waals surface area contributed by atoms with Crippen LogP contribution < -0.4 is 4.74 Å². The molecule has 0 saturated heterocycles. The van der Waals surface area contributed by atoms with Gasteiger partial charge >= 0.3 is 11.9 Å². The Kier molecular flexibility index (Phi) is 7.82. The standard InChI is InChI=1S/C21H24O6/c22-11-4-12-27-17-9-7-16(8-10-17)14-19(21(25)26)18(20(23)24)13-15-5-2-1-3-6-15/h1-3,5-10,18-19,22H,4,11-14H2,(H,23,24)(H,25,26)/t18-,19-/m0/s1. The van der Waals surface area contributed by atoms with Gasteiger partial charge in [-0.1, -0.05) is 42.5 Å². The zero-order valence-corrected chi connectivity index (χ0v) is 15.0. The van der Waals surface area contributed by atoms with Gasteiger partial charge in [-0.2, -0.15) is 0 Å². The maximum absolute atomic E-state index is 11.8. The van der Waals surface area contributed by atoms with E-state index in [1.165, 1.54) is 0 Å². The molecule has 0 radical (unpaired) electrons. The molecule has 0 aliphatic rings. The SMILES string of the molecule is O=C(O)[C@@H](Cc1ccccc1)[C@H](Cc1ccc(OCCCO)cc1)C(=O)O. The van der Waals surface area contributed by atoms with Gasteiger partial charge in [0.05, 0.1) is 18.4 Å². The van der Waals surface area contributed by atoms with E-state index in [1.54, 1.807) is 48.5 Å². The Balaban J connectivity index is 2.10. The summed E-state index contributed by atoms with van der Waals surface area (Å²) in [5.41, 5.74) is 1.53. The van der Waals surface area contributed by atoms with Crippen LogP contribution in [0.1, 0.15) is 17.5 Å². The minimum absolute atomic E-state index is 0.0520. The molecule has 2 atom stereocenters. The second kappa shape index (κ2) is 10.3. The molecular formula is C21H24O6. The first-order valence-corrected chi connectivity index (χ1v) is 8.83. The van der Waals surface area contributed by atoms with E-state index in [2.05, 4.69) is 0 Å². The fraction of sp³-hybridized carbons (Fsp3) is 0.333. The van der Waals surface area contributed by atoms with Crippen molar-refractivity contribution in [1.29, 1.82) is 0 Å². The Hall–Kier alpha value is -2.86. The van der Waals surface area contributed by atoms with Gasteiger partial charge in [0, 0.05) is 13.0 Å². The minimum Gasteiger partial charge on any atom is -0.494 e. The fourth-order valence-electron chi connectivity index (χ4n) is 2.90. The molecule has 0 unspecified atom stereocenters. The van der Waals surface area contributed by atoms with Crippen molar-refractivity contribution in [2.75, 3.05) is 13.2 Å². The first kappa shape index (κ1) is 20.5. The Morgan fingerprint density at radius 1 is 0.815 bits per heavy atom. The van der Waals surface area contributed by atoms with Gasteiger partial charge in [-0.15, -0.1) is 0 Å². The van der Waals surface area contributed by atoms with Gasteiger partial charge < -0.3 is 20.1 Å². The summed E-state index contributed by atoms with van der Waals surface area (Å²) in [6, 6.07) is 16.0. The number of ether oxygens (including phenoxy) is 1. The fourth-order valence-corrected chi connectivity index (χ4v) is 2.90. The van der Waals surface area contributed by atoms with Gasteiger partial charge in [0.2, 0.25) is 0 Å². The van der Waals surface area contributed by atoms with Crippen LogP contribution in [0.3, 0.4) is 0 Å². The number of carbonyl (C=O) groups is 2. The monoisotopic (exact) mass is 372 g/mol. The van der Waals surface area contributed by atoms with Crippen LogP contribution in [0, 0.1) is 11.8 Å². The highest BCUT2D eigenvalue weighted by atomic mass is 16.5. The van der Waals surface area contributed by atoms with Crippen molar-refractivity contribution in [1.82, 2.24) is 0 Å². The molecule has 3 N–H and O–H groups in total. The van der Waals surface area contributed by atoms with E-state index < -0.39 is 23.8 Å². The van der Waals surface area contributed by atoms with Gasteiger partial charge in [-0.25, -0.2) is 0 Å². The molecule has 0 saturated carbocycles.